The van der Waals surface area contributed by atoms with Crippen molar-refractivity contribution in [2.75, 3.05) is 34.0 Å². The molecule has 0 aliphatic carbocycles. The Hall–Kier alpha value is -3.98. The minimum absolute atomic E-state index is 0.104. The number of benzene rings is 1. The Morgan fingerprint density at radius 3 is 2.38 bits per heavy atom. The first-order valence-corrected chi connectivity index (χ1v) is 9.76. The number of carbonyl (C=O) groups excluding carboxylic acids is 2. The van der Waals surface area contributed by atoms with Crippen molar-refractivity contribution in [3.63, 3.8) is 0 Å². The zero-order valence-electron chi connectivity index (χ0n) is 17.7. The first-order chi connectivity index (χ1) is 15.6. The van der Waals surface area contributed by atoms with E-state index in [4.69, 9.17) is 19.3 Å². The summed E-state index contributed by atoms with van der Waals surface area (Å²) in [6.07, 6.45) is 3.25. The Labute approximate surface area is 185 Å². The number of aliphatic hydroxyl groups is 1. The zero-order valence-corrected chi connectivity index (χ0v) is 17.7. The number of rotatable bonds is 10. The normalized spacial score (nSPS) is 10.3. The minimum atomic E-state index is -0.451. The van der Waals surface area contributed by atoms with Crippen LogP contribution in [0.2, 0.25) is 0 Å². The molecule has 0 bridgehead atoms. The molecule has 0 fully saturated rings. The molecule has 0 spiro atoms. The molecule has 0 aliphatic heterocycles. The van der Waals surface area contributed by atoms with Gasteiger partial charge >= 0.3 is 0 Å². The number of amides is 1. The van der Waals surface area contributed by atoms with E-state index in [1.165, 1.54) is 20.3 Å². The van der Waals surface area contributed by atoms with Crippen LogP contribution in [-0.2, 0) is 0 Å². The maximum atomic E-state index is 12.7. The lowest BCUT2D eigenvalue weighted by molar-refractivity contribution is 0.0902. The fraction of sp³-hybridized carbons (Fsp3) is 0.217. The molecule has 3 rings (SSSR count). The van der Waals surface area contributed by atoms with Gasteiger partial charge < -0.3 is 24.6 Å². The smallest absolute Gasteiger partial charge is 0.251 e. The molecule has 0 saturated heterocycles. The molecule has 1 aromatic carbocycles. The molecule has 1 amide bonds. The molecule has 32 heavy (non-hydrogen) atoms. The van der Waals surface area contributed by atoms with Crippen molar-refractivity contribution in [2.45, 2.75) is 0 Å². The van der Waals surface area contributed by atoms with Gasteiger partial charge in [0.15, 0.2) is 17.3 Å². The summed E-state index contributed by atoms with van der Waals surface area (Å²) in [7, 11) is 2.97. The molecule has 0 saturated carbocycles. The van der Waals surface area contributed by atoms with Gasteiger partial charge in [0.2, 0.25) is 0 Å². The summed E-state index contributed by atoms with van der Waals surface area (Å²) in [5, 5.41) is 11.5. The van der Waals surface area contributed by atoms with Gasteiger partial charge in [-0.3, -0.25) is 14.6 Å². The van der Waals surface area contributed by atoms with E-state index in [1.807, 2.05) is 0 Å². The van der Waals surface area contributed by atoms with Crippen LogP contribution in [0.15, 0.2) is 54.9 Å². The molecular weight excluding hydrogens is 414 g/mol. The molecule has 166 valence electrons. The number of pyridine rings is 2. The molecule has 0 radical (unpaired) electrons. The number of ether oxygens (including phenoxy) is 3. The van der Waals surface area contributed by atoms with Crippen molar-refractivity contribution in [2.24, 2.45) is 0 Å². The monoisotopic (exact) mass is 437 g/mol. The highest BCUT2D eigenvalue weighted by Gasteiger charge is 2.16. The van der Waals surface area contributed by atoms with E-state index in [0.717, 1.165) is 5.56 Å². The van der Waals surface area contributed by atoms with E-state index < -0.39 is 5.91 Å². The standard InChI is InChI=1S/C23H23N3O6/c1-30-20-6-4-17(26-22(20)15-7-9-24-10-8-15)18(28)14-25-23(29)16-3-5-19(32-12-11-27)21(13-16)31-2/h3-10,13,27H,11-12,14H2,1-2H3,(H,25,29). The summed E-state index contributed by atoms with van der Waals surface area (Å²) in [4.78, 5) is 33.6. The first kappa shape index (κ1) is 22.7. The number of nitrogens with zero attached hydrogens (tertiary/aromatic N) is 2. The van der Waals surface area contributed by atoms with Crippen molar-refractivity contribution in [1.29, 1.82) is 0 Å². The van der Waals surface area contributed by atoms with E-state index in [-0.39, 0.29) is 31.2 Å². The Morgan fingerprint density at radius 2 is 1.69 bits per heavy atom. The topological polar surface area (TPSA) is 120 Å². The van der Waals surface area contributed by atoms with Crippen LogP contribution in [-0.4, -0.2) is 60.7 Å². The van der Waals surface area contributed by atoms with Crippen LogP contribution in [0.3, 0.4) is 0 Å². The predicted octanol–water partition coefficient (Wildman–Crippen LogP) is 2.14. The van der Waals surface area contributed by atoms with Crippen LogP contribution < -0.4 is 19.5 Å². The van der Waals surface area contributed by atoms with Gasteiger partial charge in [0.05, 0.1) is 27.4 Å². The third-order valence-electron chi connectivity index (χ3n) is 4.50. The van der Waals surface area contributed by atoms with Crippen LogP contribution >= 0.6 is 0 Å². The number of aromatic nitrogens is 2. The third kappa shape index (κ3) is 5.38. The van der Waals surface area contributed by atoms with E-state index >= 15 is 0 Å². The number of methoxy groups -OCH3 is 2. The maximum Gasteiger partial charge on any atom is 0.251 e. The predicted molar refractivity (Wildman–Crippen MR) is 116 cm³/mol. The summed E-state index contributed by atoms with van der Waals surface area (Å²) >= 11 is 0. The molecule has 9 heteroatoms. The van der Waals surface area contributed by atoms with E-state index in [2.05, 4.69) is 15.3 Å². The van der Waals surface area contributed by atoms with Crippen LogP contribution in [0.5, 0.6) is 17.2 Å². The van der Waals surface area contributed by atoms with Crippen LogP contribution in [0.25, 0.3) is 11.3 Å². The van der Waals surface area contributed by atoms with Crippen molar-refractivity contribution >= 4 is 11.7 Å². The second-order valence-electron chi connectivity index (χ2n) is 6.53. The lowest BCUT2D eigenvalue weighted by atomic mass is 10.1. The molecule has 0 atom stereocenters. The Bertz CT molecular complexity index is 1090. The average Bonchev–Trinajstić information content (AvgIpc) is 2.85. The summed E-state index contributed by atoms with van der Waals surface area (Å²) in [6, 6.07) is 11.4. The molecule has 0 aliphatic rings. The molecule has 3 aromatic rings. The number of hydrogen-bond donors (Lipinski definition) is 2. The van der Waals surface area contributed by atoms with Crippen molar-refractivity contribution in [3.05, 3.63) is 66.1 Å². The van der Waals surface area contributed by atoms with Gasteiger partial charge in [0.25, 0.3) is 5.91 Å². The summed E-state index contributed by atoms with van der Waals surface area (Å²) in [6.45, 7) is -0.276. The highest BCUT2D eigenvalue weighted by Crippen LogP contribution is 2.29. The average molecular weight is 437 g/mol. The van der Waals surface area contributed by atoms with E-state index in [0.29, 0.717) is 28.5 Å². The summed E-state index contributed by atoms with van der Waals surface area (Å²) in [5.74, 6) is 0.461. The number of ketones is 1. The van der Waals surface area contributed by atoms with Gasteiger partial charge in [0.1, 0.15) is 23.7 Å². The summed E-state index contributed by atoms with van der Waals surface area (Å²) < 4.78 is 15.9. The third-order valence-corrected chi connectivity index (χ3v) is 4.50. The van der Waals surface area contributed by atoms with Gasteiger partial charge in [-0.25, -0.2) is 4.98 Å². The Kier molecular flexibility index (Phi) is 7.71. The Balaban J connectivity index is 1.71. The van der Waals surface area contributed by atoms with Crippen LogP contribution in [0.1, 0.15) is 20.8 Å². The molecule has 2 N–H and O–H groups in total. The number of hydrogen-bond acceptors (Lipinski definition) is 8. The van der Waals surface area contributed by atoms with Gasteiger partial charge in [-0.1, -0.05) is 0 Å². The van der Waals surface area contributed by atoms with Crippen LogP contribution in [0, 0.1) is 0 Å². The summed E-state index contributed by atoms with van der Waals surface area (Å²) in [5.41, 5.74) is 1.76. The number of Topliss-reactive ketones (excluding diaryl/α,β-unsaturated/α-hetero) is 1. The van der Waals surface area contributed by atoms with Crippen molar-refractivity contribution < 1.29 is 28.9 Å². The molecular formula is C23H23N3O6. The van der Waals surface area contributed by atoms with Gasteiger partial charge in [-0.15, -0.1) is 0 Å². The van der Waals surface area contributed by atoms with Gasteiger partial charge in [0, 0.05) is 23.5 Å². The molecule has 9 nitrogen and oxygen atoms in total. The minimum Gasteiger partial charge on any atom is -0.494 e. The van der Waals surface area contributed by atoms with Crippen molar-refractivity contribution in [3.8, 4) is 28.5 Å². The van der Waals surface area contributed by atoms with E-state index in [1.54, 1.807) is 48.8 Å². The van der Waals surface area contributed by atoms with Crippen molar-refractivity contribution in [1.82, 2.24) is 15.3 Å². The SMILES string of the molecule is COc1cc(C(=O)NCC(=O)c2ccc(OC)c(-c3ccncc3)n2)ccc1OCCO. The highest BCUT2D eigenvalue weighted by atomic mass is 16.5. The Morgan fingerprint density at radius 1 is 0.969 bits per heavy atom. The fourth-order valence-corrected chi connectivity index (χ4v) is 2.92. The molecule has 2 aromatic heterocycles. The second-order valence-corrected chi connectivity index (χ2v) is 6.53. The quantitative estimate of drug-likeness (QED) is 0.463. The fourth-order valence-electron chi connectivity index (χ4n) is 2.92. The second kappa shape index (κ2) is 10.9. The largest absolute Gasteiger partial charge is 0.494 e. The lowest BCUT2D eigenvalue weighted by Crippen LogP contribution is -2.30. The van der Waals surface area contributed by atoms with Gasteiger partial charge in [-0.05, 0) is 42.5 Å². The number of aliphatic hydroxyl groups excluding tert-OH is 1. The molecule has 2 heterocycles. The van der Waals surface area contributed by atoms with E-state index in [9.17, 15) is 9.59 Å². The number of carbonyl (C=O) groups is 2. The lowest BCUT2D eigenvalue weighted by Gasteiger charge is -2.12. The molecule has 0 unspecified atom stereocenters. The first-order valence-electron chi connectivity index (χ1n) is 9.76. The number of nitrogens with one attached hydrogen (secondary N) is 1. The van der Waals surface area contributed by atoms with Gasteiger partial charge in [-0.2, -0.15) is 0 Å². The van der Waals surface area contributed by atoms with Crippen LogP contribution in [0.4, 0.5) is 0 Å². The zero-order chi connectivity index (χ0) is 22.9. The highest BCUT2D eigenvalue weighted by molar-refractivity contribution is 6.01. The maximum absolute atomic E-state index is 12.7.